The molecular formula is C12H16N2O3S. The van der Waals surface area contributed by atoms with E-state index in [-0.39, 0.29) is 17.4 Å². The van der Waals surface area contributed by atoms with Crippen molar-refractivity contribution < 1.29 is 14.7 Å². The monoisotopic (exact) mass is 268 g/mol. The number of anilines is 1. The van der Waals surface area contributed by atoms with Crippen LogP contribution in [0.15, 0.2) is 0 Å². The van der Waals surface area contributed by atoms with Gasteiger partial charge in [0.2, 0.25) is 5.91 Å². The summed E-state index contributed by atoms with van der Waals surface area (Å²) < 4.78 is 4.03. The van der Waals surface area contributed by atoms with Crippen LogP contribution in [0.25, 0.3) is 0 Å². The van der Waals surface area contributed by atoms with Crippen LogP contribution in [0.4, 0.5) is 5.00 Å². The third-order valence-electron chi connectivity index (χ3n) is 3.41. The van der Waals surface area contributed by atoms with Crippen LogP contribution in [-0.4, -0.2) is 28.4 Å². The number of carboxylic acids is 1. The molecule has 1 saturated carbocycles. The van der Waals surface area contributed by atoms with Crippen LogP contribution >= 0.6 is 11.5 Å². The highest BCUT2D eigenvalue weighted by molar-refractivity contribution is 7.11. The van der Waals surface area contributed by atoms with Crippen LogP contribution in [-0.2, 0) is 4.79 Å². The first-order valence-electron chi connectivity index (χ1n) is 5.90. The highest BCUT2D eigenvalue weighted by Gasteiger charge is 2.35. The molecule has 0 aromatic carbocycles. The number of aromatic carboxylic acids is 1. The van der Waals surface area contributed by atoms with E-state index in [4.69, 9.17) is 5.11 Å². The van der Waals surface area contributed by atoms with E-state index in [1.807, 2.05) is 6.92 Å². The van der Waals surface area contributed by atoms with Crippen molar-refractivity contribution in [1.82, 2.24) is 4.37 Å². The summed E-state index contributed by atoms with van der Waals surface area (Å²) >= 11 is 1.06. The Bertz CT molecular complexity index is 494. The lowest BCUT2D eigenvalue weighted by Gasteiger charge is -2.20. The number of hydrogen-bond donors (Lipinski definition) is 1. The number of hydrogen-bond acceptors (Lipinski definition) is 4. The molecule has 0 saturated heterocycles. The molecule has 0 spiro atoms. The molecule has 6 heteroatoms. The summed E-state index contributed by atoms with van der Waals surface area (Å²) in [6, 6.07) is 0. The Hall–Kier alpha value is -1.43. The molecule has 1 aromatic rings. The van der Waals surface area contributed by atoms with Crippen LogP contribution in [0.2, 0.25) is 0 Å². The lowest BCUT2D eigenvalue weighted by molar-refractivity contribution is -0.122. The second-order valence-corrected chi connectivity index (χ2v) is 5.53. The third-order valence-corrected chi connectivity index (χ3v) is 4.43. The van der Waals surface area contributed by atoms with Gasteiger partial charge in [-0.3, -0.25) is 4.79 Å². The molecular weight excluding hydrogens is 252 g/mol. The Morgan fingerprint density at radius 1 is 1.50 bits per heavy atom. The Morgan fingerprint density at radius 2 is 2.11 bits per heavy atom. The second-order valence-electron chi connectivity index (χ2n) is 4.78. The molecule has 1 heterocycles. The van der Waals surface area contributed by atoms with Gasteiger partial charge in [0.25, 0.3) is 0 Å². The predicted octanol–water partition coefficient (Wildman–Crippen LogP) is 2.16. The van der Waals surface area contributed by atoms with E-state index >= 15 is 0 Å². The molecule has 1 fully saturated rings. The van der Waals surface area contributed by atoms with Crippen molar-refractivity contribution in [1.29, 1.82) is 0 Å². The van der Waals surface area contributed by atoms with Gasteiger partial charge in [0.15, 0.2) is 0 Å². The molecule has 0 aliphatic heterocycles. The number of carbonyl (C=O) groups excluding carboxylic acids is 1. The van der Waals surface area contributed by atoms with Gasteiger partial charge in [0, 0.05) is 13.0 Å². The lowest BCUT2D eigenvalue weighted by atomic mass is 10.1. The fourth-order valence-corrected chi connectivity index (χ4v) is 2.89. The molecule has 1 aromatic heterocycles. The topological polar surface area (TPSA) is 70.5 Å². The smallest absolute Gasteiger partial charge is 0.340 e. The predicted molar refractivity (Wildman–Crippen MR) is 69.1 cm³/mol. The zero-order valence-corrected chi connectivity index (χ0v) is 11.5. The minimum Gasteiger partial charge on any atom is -0.478 e. The van der Waals surface area contributed by atoms with Gasteiger partial charge < -0.3 is 10.0 Å². The first-order chi connectivity index (χ1) is 8.43. The minimum atomic E-state index is -1.03. The van der Waals surface area contributed by atoms with Crippen molar-refractivity contribution in [3.05, 3.63) is 11.3 Å². The molecule has 18 heavy (non-hydrogen) atoms. The summed E-state index contributed by atoms with van der Waals surface area (Å²) in [6.07, 6.45) is 2.18. The molecule has 1 atom stereocenters. The highest BCUT2D eigenvalue weighted by Crippen LogP contribution is 2.38. The first kappa shape index (κ1) is 13.0. The molecule has 1 unspecified atom stereocenters. The average molecular weight is 268 g/mol. The number of nitrogens with zero attached hydrogens (tertiary/aromatic N) is 2. The van der Waals surface area contributed by atoms with Gasteiger partial charge in [0.1, 0.15) is 10.6 Å². The van der Waals surface area contributed by atoms with Crippen LogP contribution in [0.1, 0.15) is 35.8 Å². The van der Waals surface area contributed by atoms with E-state index in [1.54, 1.807) is 14.0 Å². The fraction of sp³-hybridized carbons (Fsp3) is 0.583. The summed E-state index contributed by atoms with van der Waals surface area (Å²) in [4.78, 5) is 24.8. The summed E-state index contributed by atoms with van der Waals surface area (Å²) in [7, 11) is 1.63. The van der Waals surface area contributed by atoms with E-state index in [2.05, 4.69) is 4.37 Å². The van der Waals surface area contributed by atoms with E-state index < -0.39 is 5.97 Å². The van der Waals surface area contributed by atoms with Gasteiger partial charge in [-0.2, -0.15) is 4.37 Å². The van der Waals surface area contributed by atoms with Crippen molar-refractivity contribution in [2.75, 3.05) is 11.9 Å². The van der Waals surface area contributed by atoms with E-state index in [0.29, 0.717) is 16.6 Å². The van der Waals surface area contributed by atoms with Gasteiger partial charge in [0.05, 0.1) is 5.69 Å². The number of carboxylic acid groups (broad SMARTS) is 1. The van der Waals surface area contributed by atoms with Gasteiger partial charge >= 0.3 is 5.97 Å². The molecule has 5 nitrogen and oxygen atoms in total. The van der Waals surface area contributed by atoms with Gasteiger partial charge in [-0.1, -0.05) is 6.92 Å². The number of carbonyl (C=O) groups is 2. The Morgan fingerprint density at radius 3 is 2.61 bits per heavy atom. The highest BCUT2D eigenvalue weighted by atomic mass is 32.1. The average Bonchev–Trinajstić information content (AvgIpc) is 3.09. The molecule has 1 N–H and O–H groups in total. The van der Waals surface area contributed by atoms with Crippen molar-refractivity contribution in [3.63, 3.8) is 0 Å². The maximum Gasteiger partial charge on any atom is 0.340 e. The van der Waals surface area contributed by atoms with E-state index in [9.17, 15) is 9.59 Å². The number of amides is 1. The summed E-state index contributed by atoms with van der Waals surface area (Å²) in [5.41, 5.74) is 0.597. The first-order valence-corrected chi connectivity index (χ1v) is 6.68. The fourth-order valence-electron chi connectivity index (χ4n) is 2.04. The molecule has 0 radical (unpaired) electrons. The number of aryl methyl sites for hydroxylation is 1. The van der Waals surface area contributed by atoms with Gasteiger partial charge in [-0.25, -0.2) is 4.79 Å². The Balaban J connectivity index is 2.25. The largest absolute Gasteiger partial charge is 0.478 e. The van der Waals surface area contributed by atoms with Gasteiger partial charge in [-0.05, 0) is 37.2 Å². The van der Waals surface area contributed by atoms with Crippen molar-refractivity contribution in [3.8, 4) is 0 Å². The van der Waals surface area contributed by atoms with Crippen LogP contribution in [0.5, 0.6) is 0 Å². The summed E-state index contributed by atoms with van der Waals surface area (Å²) in [6.45, 7) is 3.55. The molecule has 98 valence electrons. The lowest BCUT2D eigenvalue weighted by Crippen LogP contribution is -2.32. The maximum atomic E-state index is 12.2. The summed E-state index contributed by atoms with van der Waals surface area (Å²) in [5, 5.41) is 9.58. The Labute approximate surface area is 110 Å². The van der Waals surface area contributed by atoms with Crippen LogP contribution in [0, 0.1) is 18.8 Å². The second kappa shape index (κ2) is 4.68. The molecule has 1 aliphatic rings. The zero-order chi connectivity index (χ0) is 13.4. The van der Waals surface area contributed by atoms with Crippen molar-refractivity contribution >= 4 is 28.4 Å². The van der Waals surface area contributed by atoms with Gasteiger partial charge in [-0.15, -0.1) is 0 Å². The summed E-state index contributed by atoms with van der Waals surface area (Å²) in [5.74, 6) is -0.639. The molecule has 1 aliphatic carbocycles. The molecule has 2 rings (SSSR count). The molecule has 1 amide bonds. The maximum absolute atomic E-state index is 12.2. The van der Waals surface area contributed by atoms with E-state index in [1.165, 1.54) is 4.90 Å². The SMILES string of the molecule is Cc1nsc(N(C)C(=O)C(C)C2CC2)c1C(=O)O. The Kier molecular flexibility index (Phi) is 3.38. The normalized spacial score (nSPS) is 16.4. The zero-order valence-electron chi connectivity index (χ0n) is 10.6. The number of aromatic nitrogens is 1. The third kappa shape index (κ3) is 2.25. The van der Waals surface area contributed by atoms with Crippen LogP contribution < -0.4 is 4.90 Å². The minimum absolute atomic E-state index is 0.0244. The van der Waals surface area contributed by atoms with E-state index in [0.717, 1.165) is 24.4 Å². The molecule has 0 bridgehead atoms. The van der Waals surface area contributed by atoms with Crippen molar-refractivity contribution in [2.24, 2.45) is 11.8 Å². The quantitative estimate of drug-likeness (QED) is 0.908. The standard InChI is InChI=1S/C12H16N2O3S/c1-6(8-4-5-8)10(15)14(3)11-9(12(16)17)7(2)13-18-11/h6,8H,4-5H2,1-3H3,(H,16,17). The van der Waals surface area contributed by atoms with Crippen LogP contribution in [0.3, 0.4) is 0 Å². The number of rotatable bonds is 4. The van der Waals surface area contributed by atoms with Crippen molar-refractivity contribution in [2.45, 2.75) is 26.7 Å².